The summed E-state index contributed by atoms with van der Waals surface area (Å²) in [7, 11) is 0. The highest BCUT2D eigenvalue weighted by Crippen LogP contribution is 2.35. The summed E-state index contributed by atoms with van der Waals surface area (Å²) in [5, 5.41) is 9.16. The fourth-order valence-electron chi connectivity index (χ4n) is 4.47. The molecule has 2 aromatic carbocycles. The molecule has 3 aromatic rings. The minimum absolute atomic E-state index is 0.174. The van der Waals surface area contributed by atoms with Crippen molar-refractivity contribution >= 4 is 34.3 Å². The zero-order chi connectivity index (χ0) is 21.5. The number of hydrogen-bond donors (Lipinski definition) is 4. The number of aryl methyl sites for hydroxylation is 1. The van der Waals surface area contributed by atoms with Crippen LogP contribution in [0.15, 0.2) is 42.5 Å². The molecule has 0 bridgehead atoms. The molecule has 1 aromatic heterocycles. The SMILES string of the molecule is O=C(C[C@@H]1NC(=O)c2ccccc2NC1=O)N[C@@H]1CCCc2c1[nH]c1ccc(F)cc21. The van der Waals surface area contributed by atoms with Crippen molar-refractivity contribution in [2.45, 2.75) is 37.8 Å². The van der Waals surface area contributed by atoms with Crippen LogP contribution in [0.1, 0.15) is 46.9 Å². The Bertz CT molecular complexity index is 1220. The molecule has 0 saturated heterocycles. The van der Waals surface area contributed by atoms with E-state index in [-0.39, 0.29) is 24.2 Å². The first-order valence-electron chi connectivity index (χ1n) is 10.3. The summed E-state index contributed by atoms with van der Waals surface area (Å²) in [6, 6.07) is 10.1. The van der Waals surface area contributed by atoms with Crippen molar-refractivity contribution in [2.24, 2.45) is 0 Å². The molecule has 0 fully saturated rings. The predicted octanol–water partition coefficient (Wildman–Crippen LogP) is 2.94. The average molecular weight is 420 g/mol. The van der Waals surface area contributed by atoms with E-state index in [1.165, 1.54) is 12.1 Å². The monoisotopic (exact) mass is 420 g/mol. The molecule has 2 aliphatic rings. The van der Waals surface area contributed by atoms with Crippen LogP contribution in [0.5, 0.6) is 0 Å². The maximum atomic E-state index is 13.7. The number of carbonyl (C=O) groups excluding carboxylic acids is 3. The van der Waals surface area contributed by atoms with Crippen LogP contribution >= 0.6 is 0 Å². The standard InChI is InChI=1S/C23H21FN4O3/c24-12-8-9-17-15(10-12)13-5-3-7-18(21(13)26-17)25-20(29)11-19-23(31)27-16-6-2-1-4-14(16)22(30)28-19/h1-2,4,6,8-10,18-19,26H,3,5,7,11H2,(H,25,29)(H,27,31)(H,28,30)/t18-,19+/m1/s1. The summed E-state index contributed by atoms with van der Waals surface area (Å²) in [5.74, 6) is -1.46. The Labute approximate surface area is 177 Å². The van der Waals surface area contributed by atoms with Crippen LogP contribution in [0.2, 0.25) is 0 Å². The van der Waals surface area contributed by atoms with E-state index in [4.69, 9.17) is 0 Å². The molecule has 0 saturated carbocycles. The summed E-state index contributed by atoms with van der Waals surface area (Å²) in [5.41, 5.74) is 3.51. The van der Waals surface area contributed by atoms with Crippen LogP contribution in [-0.2, 0) is 16.0 Å². The second-order valence-corrected chi connectivity index (χ2v) is 7.98. The average Bonchev–Trinajstić information content (AvgIpc) is 3.07. The Morgan fingerprint density at radius 1 is 1.16 bits per heavy atom. The number of H-pyrrole nitrogens is 1. The third kappa shape index (κ3) is 3.54. The molecule has 1 aliphatic heterocycles. The highest BCUT2D eigenvalue weighted by molar-refractivity contribution is 6.10. The number of halogens is 1. The van der Waals surface area contributed by atoms with Crippen LogP contribution in [0.4, 0.5) is 10.1 Å². The second-order valence-electron chi connectivity index (χ2n) is 7.98. The number of nitrogens with one attached hydrogen (secondary N) is 4. The number of aromatic amines is 1. The number of fused-ring (bicyclic) bond motifs is 4. The number of benzene rings is 2. The fourth-order valence-corrected chi connectivity index (χ4v) is 4.47. The number of amides is 3. The lowest BCUT2D eigenvalue weighted by Gasteiger charge is -2.24. The molecule has 0 spiro atoms. The first-order valence-corrected chi connectivity index (χ1v) is 10.3. The third-order valence-electron chi connectivity index (χ3n) is 5.95. The topological polar surface area (TPSA) is 103 Å². The molecule has 0 unspecified atom stereocenters. The van der Waals surface area contributed by atoms with Crippen LogP contribution in [0.25, 0.3) is 10.9 Å². The first kappa shape index (κ1) is 19.3. The third-order valence-corrected chi connectivity index (χ3v) is 5.95. The Kier molecular flexibility index (Phi) is 4.69. The maximum Gasteiger partial charge on any atom is 0.254 e. The molecule has 8 heteroatoms. The summed E-state index contributed by atoms with van der Waals surface area (Å²) >= 11 is 0. The van der Waals surface area contributed by atoms with Gasteiger partial charge in [-0.15, -0.1) is 0 Å². The largest absolute Gasteiger partial charge is 0.356 e. The van der Waals surface area contributed by atoms with E-state index in [0.717, 1.165) is 41.4 Å². The van der Waals surface area contributed by atoms with E-state index in [2.05, 4.69) is 20.9 Å². The van der Waals surface area contributed by atoms with Gasteiger partial charge in [-0.25, -0.2) is 4.39 Å². The molecule has 1 aliphatic carbocycles. The number of para-hydroxylation sites is 1. The van der Waals surface area contributed by atoms with Gasteiger partial charge in [0.15, 0.2) is 0 Å². The van der Waals surface area contributed by atoms with E-state index in [0.29, 0.717) is 11.3 Å². The van der Waals surface area contributed by atoms with Gasteiger partial charge in [0, 0.05) is 16.6 Å². The van der Waals surface area contributed by atoms with E-state index in [9.17, 15) is 18.8 Å². The number of hydrogen-bond acceptors (Lipinski definition) is 3. The molecule has 3 amide bonds. The van der Waals surface area contributed by atoms with Crippen molar-refractivity contribution < 1.29 is 18.8 Å². The molecule has 7 nitrogen and oxygen atoms in total. The van der Waals surface area contributed by atoms with Crippen molar-refractivity contribution in [2.75, 3.05) is 5.32 Å². The quantitative estimate of drug-likeness (QED) is 0.524. The summed E-state index contributed by atoms with van der Waals surface area (Å²) in [6.45, 7) is 0. The summed E-state index contributed by atoms with van der Waals surface area (Å²) < 4.78 is 13.7. The molecule has 2 atom stereocenters. The van der Waals surface area contributed by atoms with Gasteiger partial charge < -0.3 is 20.9 Å². The van der Waals surface area contributed by atoms with Gasteiger partial charge >= 0.3 is 0 Å². The fraction of sp³-hybridized carbons (Fsp3) is 0.261. The zero-order valence-electron chi connectivity index (χ0n) is 16.6. The molecule has 158 valence electrons. The van der Waals surface area contributed by atoms with Gasteiger partial charge in [0.05, 0.1) is 23.7 Å². The number of aromatic nitrogens is 1. The van der Waals surface area contributed by atoms with Gasteiger partial charge in [-0.1, -0.05) is 12.1 Å². The second kappa shape index (κ2) is 7.54. The summed E-state index contributed by atoms with van der Waals surface area (Å²) in [6.07, 6.45) is 2.23. The molecule has 31 heavy (non-hydrogen) atoms. The normalized spacial score (nSPS) is 20.3. The Balaban J connectivity index is 1.32. The lowest BCUT2D eigenvalue weighted by Crippen LogP contribution is -2.45. The molecular formula is C23H21FN4O3. The van der Waals surface area contributed by atoms with Gasteiger partial charge in [-0.3, -0.25) is 14.4 Å². The molecule has 0 radical (unpaired) electrons. The number of rotatable bonds is 3. The van der Waals surface area contributed by atoms with E-state index in [1.54, 1.807) is 30.3 Å². The number of carbonyl (C=O) groups is 3. The number of anilines is 1. The minimum Gasteiger partial charge on any atom is -0.356 e. The van der Waals surface area contributed by atoms with Crippen LogP contribution in [0, 0.1) is 5.82 Å². The minimum atomic E-state index is -0.972. The van der Waals surface area contributed by atoms with Crippen molar-refractivity contribution in [3.05, 3.63) is 65.1 Å². The van der Waals surface area contributed by atoms with Crippen molar-refractivity contribution in [3.8, 4) is 0 Å². The van der Waals surface area contributed by atoms with Crippen LogP contribution in [-0.4, -0.2) is 28.7 Å². The lowest BCUT2D eigenvalue weighted by molar-refractivity contribution is -0.126. The molecule has 4 N–H and O–H groups in total. The van der Waals surface area contributed by atoms with Crippen LogP contribution < -0.4 is 16.0 Å². The first-order chi connectivity index (χ1) is 15.0. The van der Waals surface area contributed by atoms with Gasteiger partial charge in [-0.2, -0.15) is 0 Å². The van der Waals surface area contributed by atoms with Gasteiger partial charge in [0.1, 0.15) is 11.9 Å². The van der Waals surface area contributed by atoms with E-state index >= 15 is 0 Å². The molecular weight excluding hydrogens is 399 g/mol. The maximum absolute atomic E-state index is 13.7. The Morgan fingerprint density at radius 2 is 2.00 bits per heavy atom. The van der Waals surface area contributed by atoms with E-state index in [1.807, 2.05) is 0 Å². The highest BCUT2D eigenvalue weighted by Gasteiger charge is 2.31. The van der Waals surface area contributed by atoms with Crippen molar-refractivity contribution in [3.63, 3.8) is 0 Å². The Hall–Kier alpha value is -3.68. The van der Waals surface area contributed by atoms with Gasteiger partial charge in [0.2, 0.25) is 11.8 Å². The molecule has 2 heterocycles. The van der Waals surface area contributed by atoms with Gasteiger partial charge in [0.25, 0.3) is 5.91 Å². The van der Waals surface area contributed by atoms with Gasteiger partial charge in [-0.05, 0) is 55.2 Å². The van der Waals surface area contributed by atoms with Crippen LogP contribution in [0.3, 0.4) is 0 Å². The Morgan fingerprint density at radius 3 is 2.87 bits per heavy atom. The zero-order valence-corrected chi connectivity index (χ0v) is 16.6. The summed E-state index contributed by atoms with van der Waals surface area (Å²) in [4.78, 5) is 41.1. The van der Waals surface area contributed by atoms with E-state index < -0.39 is 17.9 Å². The van der Waals surface area contributed by atoms with Crippen molar-refractivity contribution in [1.82, 2.24) is 15.6 Å². The smallest absolute Gasteiger partial charge is 0.254 e. The predicted molar refractivity (Wildman–Crippen MR) is 113 cm³/mol. The highest BCUT2D eigenvalue weighted by atomic mass is 19.1. The lowest BCUT2D eigenvalue weighted by atomic mass is 9.91. The van der Waals surface area contributed by atoms with Crippen molar-refractivity contribution in [1.29, 1.82) is 0 Å². The molecule has 5 rings (SSSR count).